The van der Waals surface area contributed by atoms with Crippen LogP contribution in [-0.2, 0) is 9.59 Å². The Bertz CT molecular complexity index is 199. The maximum absolute atomic E-state index is 10.5. The summed E-state index contributed by atoms with van der Waals surface area (Å²) in [5.41, 5.74) is 0. The normalized spacial score (nSPS) is 10.9. The van der Waals surface area contributed by atoms with Crippen LogP contribution in [0.2, 0.25) is 0 Å². The molecule has 0 radical (unpaired) electrons. The first-order valence-electron chi connectivity index (χ1n) is 5.07. The second kappa shape index (κ2) is 7.23. The Morgan fingerprint density at radius 2 is 1.60 bits per heavy atom. The molecule has 5 nitrogen and oxygen atoms in total. The zero-order chi connectivity index (χ0) is 11.8. The number of carboxylic acids is 2. The zero-order valence-electron chi connectivity index (χ0n) is 9.27. The van der Waals surface area contributed by atoms with Crippen LogP contribution in [0.1, 0.15) is 26.7 Å². The van der Waals surface area contributed by atoms with Crippen molar-refractivity contribution >= 4 is 11.9 Å². The van der Waals surface area contributed by atoms with Crippen LogP contribution < -0.4 is 0 Å². The Hall–Kier alpha value is -1.10. The van der Waals surface area contributed by atoms with Gasteiger partial charge in [-0.15, -0.1) is 0 Å². The smallest absolute Gasteiger partial charge is 0.317 e. The summed E-state index contributed by atoms with van der Waals surface area (Å²) in [6.07, 6.45) is 1.81. The SMILES string of the molecule is CC(C)CCCN(CC(=O)O)CC(=O)O. The van der Waals surface area contributed by atoms with Crippen LogP contribution in [0.5, 0.6) is 0 Å². The number of hydrogen-bond donors (Lipinski definition) is 2. The van der Waals surface area contributed by atoms with E-state index in [-0.39, 0.29) is 13.1 Å². The van der Waals surface area contributed by atoms with E-state index >= 15 is 0 Å². The van der Waals surface area contributed by atoms with Crippen molar-refractivity contribution in [3.63, 3.8) is 0 Å². The van der Waals surface area contributed by atoms with E-state index in [0.717, 1.165) is 12.8 Å². The van der Waals surface area contributed by atoms with E-state index in [1.165, 1.54) is 4.90 Å². The molecular weight excluding hydrogens is 198 g/mol. The van der Waals surface area contributed by atoms with Crippen molar-refractivity contribution in [2.75, 3.05) is 19.6 Å². The Labute approximate surface area is 89.7 Å². The van der Waals surface area contributed by atoms with Crippen molar-refractivity contribution in [1.29, 1.82) is 0 Å². The molecule has 0 saturated carbocycles. The van der Waals surface area contributed by atoms with Gasteiger partial charge in [0.25, 0.3) is 0 Å². The van der Waals surface area contributed by atoms with Gasteiger partial charge >= 0.3 is 11.9 Å². The van der Waals surface area contributed by atoms with Crippen LogP contribution in [0.25, 0.3) is 0 Å². The molecule has 0 fully saturated rings. The molecule has 0 rings (SSSR count). The van der Waals surface area contributed by atoms with E-state index in [0.29, 0.717) is 12.5 Å². The van der Waals surface area contributed by atoms with Gasteiger partial charge in [0.15, 0.2) is 0 Å². The van der Waals surface area contributed by atoms with Gasteiger partial charge in [-0.2, -0.15) is 0 Å². The maximum atomic E-state index is 10.5. The second-order valence-electron chi connectivity index (χ2n) is 4.03. The summed E-state index contributed by atoms with van der Waals surface area (Å²) < 4.78 is 0. The van der Waals surface area contributed by atoms with Crippen LogP contribution in [0.3, 0.4) is 0 Å². The molecule has 0 aromatic heterocycles. The van der Waals surface area contributed by atoms with Crippen molar-refractivity contribution in [3.8, 4) is 0 Å². The lowest BCUT2D eigenvalue weighted by Gasteiger charge is -2.18. The molecule has 0 amide bonds. The van der Waals surface area contributed by atoms with Gasteiger partial charge in [-0.1, -0.05) is 13.8 Å². The van der Waals surface area contributed by atoms with E-state index in [1.54, 1.807) is 0 Å². The molecule has 0 spiro atoms. The van der Waals surface area contributed by atoms with Crippen molar-refractivity contribution in [2.24, 2.45) is 5.92 Å². The molecule has 0 aliphatic carbocycles. The molecule has 0 heterocycles. The highest BCUT2D eigenvalue weighted by Crippen LogP contribution is 2.04. The molecule has 5 heteroatoms. The molecule has 0 aliphatic heterocycles. The van der Waals surface area contributed by atoms with Gasteiger partial charge in [0.1, 0.15) is 0 Å². The first kappa shape index (κ1) is 13.9. The first-order chi connectivity index (χ1) is 6.91. The molecule has 88 valence electrons. The predicted molar refractivity (Wildman–Crippen MR) is 55.8 cm³/mol. The second-order valence-corrected chi connectivity index (χ2v) is 4.03. The molecule has 0 unspecified atom stereocenters. The molecule has 15 heavy (non-hydrogen) atoms. The van der Waals surface area contributed by atoms with E-state index < -0.39 is 11.9 Å². The lowest BCUT2D eigenvalue weighted by molar-refractivity contribution is -0.141. The average Bonchev–Trinajstić information content (AvgIpc) is 2.00. The third-order valence-electron chi connectivity index (χ3n) is 1.97. The Morgan fingerprint density at radius 1 is 1.13 bits per heavy atom. The number of aliphatic carboxylic acids is 2. The maximum Gasteiger partial charge on any atom is 0.317 e. The van der Waals surface area contributed by atoms with Gasteiger partial charge in [0, 0.05) is 0 Å². The minimum atomic E-state index is -0.985. The molecule has 0 saturated heterocycles. The van der Waals surface area contributed by atoms with Gasteiger partial charge in [-0.25, -0.2) is 0 Å². The van der Waals surface area contributed by atoms with Crippen LogP contribution in [0.4, 0.5) is 0 Å². The minimum absolute atomic E-state index is 0.204. The zero-order valence-corrected chi connectivity index (χ0v) is 9.27. The summed E-state index contributed by atoms with van der Waals surface area (Å²) in [6, 6.07) is 0. The lowest BCUT2D eigenvalue weighted by Crippen LogP contribution is -2.35. The van der Waals surface area contributed by atoms with Gasteiger partial charge in [0.05, 0.1) is 13.1 Å². The molecule has 2 N–H and O–H groups in total. The van der Waals surface area contributed by atoms with Crippen LogP contribution in [0.15, 0.2) is 0 Å². The van der Waals surface area contributed by atoms with Gasteiger partial charge in [0.2, 0.25) is 0 Å². The average molecular weight is 217 g/mol. The summed E-state index contributed by atoms with van der Waals surface area (Å²) in [4.78, 5) is 22.3. The highest BCUT2D eigenvalue weighted by atomic mass is 16.4. The number of rotatable bonds is 8. The number of hydrogen-bond acceptors (Lipinski definition) is 3. The fourth-order valence-corrected chi connectivity index (χ4v) is 1.32. The number of carbonyl (C=O) groups is 2. The highest BCUT2D eigenvalue weighted by Gasteiger charge is 2.12. The quantitative estimate of drug-likeness (QED) is 0.631. The van der Waals surface area contributed by atoms with Crippen LogP contribution in [-0.4, -0.2) is 46.7 Å². The molecular formula is C10H19NO4. The monoisotopic (exact) mass is 217 g/mol. The van der Waals surface area contributed by atoms with Gasteiger partial charge < -0.3 is 10.2 Å². The highest BCUT2D eigenvalue weighted by molar-refractivity contribution is 5.72. The summed E-state index contributed by atoms with van der Waals surface area (Å²) in [7, 11) is 0. The topological polar surface area (TPSA) is 77.8 Å². The lowest BCUT2D eigenvalue weighted by atomic mass is 10.1. The summed E-state index contributed by atoms with van der Waals surface area (Å²) in [5, 5.41) is 17.1. The van der Waals surface area contributed by atoms with E-state index in [4.69, 9.17) is 10.2 Å². The Kier molecular flexibility index (Phi) is 6.70. The minimum Gasteiger partial charge on any atom is -0.480 e. The Balaban J connectivity index is 3.89. The molecule has 0 aromatic rings. The Morgan fingerprint density at radius 3 is 1.93 bits per heavy atom. The van der Waals surface area contributed by atoms with Gasteiger partial charge in [-0.05, 0) is 25.3 Å². The summed E-state index contributed by atoms with van der Waals surface area (Å²) >= 11 is 0. The standard InChI is InChI=1S/C10H19NO4/c1-8(2)4-3-5-11(6-9(12)13)7-10(14)15/h8H,3-7H2,1-2H3,(H,12,13)(H,14,15). The van der Waals surface area contributed by atoms with E-state index in [1.807, 2.05) is 0 Å². The third-order valence-corrected chi connectivity index (χ3v) is 1.97. The molecule has 0 aromatic carbocycles. The third kappa shape index (κ3) is 9.21. The number of carboxylic acid groups (broad SMARTS) is 2. The van der Waals surface area contributed by atoms with Crippen LogP contribution in [0, 0.1) is 5.92 Å². The van der Waals surface area contributed by atoms with Crippen molar-refractivity contribution in [3.05, 3.63) is 0 Å². The summed E-state index contributed by atoms with van der Waals surface area (Å²) in [5.74, 6) is -1.41. The predicted octanol–water partition coefficient (Wildman–Crippen LogP) is 0.894. The number of nitrogens with zero attached hydrogens (tertiary/aromatic N) is 1. The molecule has 0 aliphatic rings. The van der Waals surface area contributed by atoms with Crippen LogP contribution >= 0.6 is 0 Å². The largest absolute Gasteiger partial charge is 0.480 e. The fourth-order valence-electron chi connectivity index (χ4n) is 1.32. The van der Waals surface area contributed by atoms with Crippen molar-refractivity contribution < 1.29 is 19.8 Å². The summed E-state index contributed by atoms with van der Waals surface area (Å²) in [6.45, 7) is 4.28. The van der Waals surface area contributed by atoms with Gasteiger partial charge in [-0.3, -0.25) is 14.5 Å². The van der Waals surface area contributed by atoms with E-state index in [2.05, 4.69) is 13.8 Å². The van der Waals surface area contributed by atoms with Crippen molar-refractivity contribution in [1.82, 2.24) is 4.90 Å². The molecule has 0 bridgehead atoms. The fraction of sp³-hybridized carbons (Fsp3) is 0.800. The molecule has 0 atom stereocenters. The first-order valence-corrected chi connectivity index (χ1v) is 5.07. The van der Waals surface area contributed by atoms with Crippen molar-refractivity contribution in [2.45, 2.75) is 26.7 Å². The van der Waals surface area contributed by atoms with E-state index in [9.17, 15) is 9.59 Å².